The molecule has 1 aromatic carbocycles. The van der Waals surface area contributed by atoms with Gasteiger partial charge in [-0.05, 0) is 62.3 Å². The van der Waals surface area contributed by atoms with Crippen LogP contribution < -0.4 is 10.0 Å². The molecule has 2 aliphatic carbocycles. The van der Waals surface area contributed by atoms with Crippen molar-refractivity contribution in [2.75, 3.05) is 7.05 Å². The van der Waals surface area contributed by atoms with Crippen LogP contribution in [0.2, 0.25) is 0 Å². The summed E-state index contributed by atoms with van der Waals surface area (Å²) in [6, 6.07) is 4.29. The van der Waals surface area contributed by atoms with E-state index in [9.17, 15) is 12.8 Å². The SMILES string of the molecule is CNCc1ccc(S(=O)(=O)NC(C2CC2)C2CC2)c(F)c1. The molecular weight excluding hydrogens is 291 g/mol. The molecule has 0 aliphatic heterocycles. The first-order valence-corrected chi connectivity index (χ1v) is 8.95. The molecule has 0 atom stereocenters. The van der Waals surface area contributed by atoms with Crippen LogP contribution in [-0.2, 0) is 16.6 Å². The summed E-state index contributed by atoms with van der Waals surface area (Å²) in [4.78, 5) is -0.242. The predicted molar refractivity (Wildman–Crippen MR) is 78.7 cm³/mol. The number of sulfonamides is 1. The van der Waals surface area contributed by atoms with Crippen molar-refractivity contribution in [2.24, 2.45) is 11.8 Å². The van der Waals surface area contributed by atoms with Crippen LogP contribution >= 0.6 is 0 Å². The van der Waals surface area contributed by atoms with Crippen LogP contribution in [0.25, 0.3) is 0 Å². The summed E-state index contributed by atoms with van der Waals surface area (Å²) >= 11 is 0. The molecule has 0 unspecified atom stereocenters. The second-order valence-electron chi connectivity index (χ2n) is 6.12. The maximum Gasteiger partial charge on any atom is 0.243 e. The summed E-state index contributed by atoms with van der Waals surface area (Å²) in [5.41, 5.74) is 0.731. The molecule has 0 spiro atoms. The van der Waals surface area contributed by atoms with Crippen molar-refractivity contribution in [1.82, 2.24) is 10.0 Å². The van der Waals surface area contributed by atoms with Crippen molar-refractivity contribution in [3.05, 3.63) is 29.6 Å². The summed E-state index contributed by atoms with van der Waals surface area (Å²) in [6.07, 6.45) is 4.31. The molecule has 2 aliphatic rings. The Morgan fingerprint density at radius 2 is 1.86 bits per heavy atom. The first-order valence-electron chi connectivity index (χ1n) is 7.46. The molecule has 0 radical (unpaired) electrons. The van der Waals surface area contributed by atoms with Crippen LogP contribution in [0.15, 0.2) is 23.1 Å². The summed E-state index contributed by atoms with van der Waals surface area (Å²) in [7, 11) is -2.01. The fraction of sp³-hybridized carbons (Fsp3) is 0.600. The van der Waals surface area contributed by atoms with Gasteiger partial charge in [-0.25, -0.2) is 17.5 Å². The van der Waals surface area contributed by atoms with Gasteiger partial charge in [0.15, 0.2) is 0 Å². The number of benzene rings is 1. The normalized spacial score (nSPS) is 19.2. The lowest BCUT2D eigenvalue weighted by Crippen LogP contribution is -2.38. The number of rotatable bonds is 7. The Morgan fingerprint density at radius 1 is 1.24 bits per heavy atom. The molecule has 2 fully saturated rings. The van der Waals surface area contributed by atoms with Gasteiger partial charge >= 0.3 is 0 Å². The van der Waals surface area contributed by atoms with Crippen molar-refractivity contribution in [3.63, 3.8) is 0 Å². The van der Waals surface area contributed by atoms with Crippen molar-refractivity contribution in [2.45, 2.75) is 43.2 Å². The molecule has 6 heteroatoms. The third-order valence-electron chi connectivity index (χ3n) is 4.22. The van der Waals surface area contributed by atoms with Crippen LogP contribution in [0.4, 0.5) is 4.39 Å². The number of hydrogen-bond donors (Lipinski definition) is 2. The van der Waals surface area contributed by atoms with Gasteiger partial charge in [0.2, 0.25) is 10.0 Å². The fourth-order valence-electron chi connectivity index (χ4n) is 2.81. The molecular formula is C15H21FN2O2S. The lowest BCUT2D eigenvalue weighted by Gasteiger charge is -2.18. The van der Waals surface area contributed by atoms with E-state index in [1.807, 2.05) is 0 Å². The van der Waals surface area contributed by atoms with Gasteiger partial charge in [0.1, 0.15) is 10.7 Å². The summed E-state index contributed by atoms with van der Waals surface area (Å²) in [5.74, 6) is 0.207. The van der Waals surface area contributed by atoms with E-state index in [-0.39, 0.29) is 10.9 Å². The van der Waals surface area contributed by atoms with Gasteiger partial charge in [-0.1, -0.05) is 6.07 Å². The quantitative estimate of drug-likeness (QED) is 0.810. The highest BCUT2D eigenvalue weighted by Gasteiger charge is 2.43. The van der Waals surface area contributed by atoms with Gasteiger partial charge in [0.25, 0.3) is 0 Å². The standard InChI is InChI=1S/C15H21FN2O2S/c1-17-9-10-2-7-14(13(16)8-10)21(19,20)18-15(11-3-4-11)12-5-6-12/h2,7-8,11-12,15,17-18H,3-6,9H2,1H3. The topological polar surface area (TPSA) is 58.2 Å². The van der Waals surface area contributed by atoms with Crippen molar-refractivity contribution < 1.29 is 12.8 Å². The van der Waals surface area contributed by atoms with Crippen LogP contribution in [0.3, 0.4) is 0 Å². The number of hydrogen-bond acceptors (Lipinski definition) is 3. The zero-order valence-corrected chi connectivity index (χ0v) is 12.9. The second kappa shape index (κ2) is 5.66. The van der Waals surface area contributed by atoms with Crippen LogP contribution in [0.5, 0.6) is 0 Å². The van der Waals surface area contributed by atoms with E-state index in [2.05, 4.69) is 10.0 Å². The third-order valence-corrected chi connectivity index (χ3v) is 5.71. The monoisotopic (exact) mass is 312 g/mol. The third kappa shape index (κ3) is 3.44. The Kier molecular flexibility index (Phi) is 4.03. The molecule has 1 aromatic rings. The van der Waals surface area contributed by atoms with Gasteiger partial charge in [-0.3, -0.25) is 0 Å². The largest absolute Gasteiger partial charge is 0.316 e. The van der Waals surface area contributed by atoms with E-state index < -0.39 is 15.8 Å². The molecule has 0 bridgehead atoms. The minimum absolute atomic E-state index is 0.00798. The molecule has 4 nitrogen and oxygen atoms in total. The van der Waals surface area contributed by atoms with Gasteiger partial charge < -0.3 is 5.32 Å². The maximum absolute atomic E-state index is 14.1. The molecule has 116 valence electrons. The number of nitrogens with one attached hydrogen (secondary N) is 2. The minimum atomic E-state index is -3.78. The average Bonchev–Trinajstić information content (AvgIpc) is 3.27. The summed E-state index contributed by atoms with van der Waals surface area (Å²) in [5, 5.41) is 2.92. The molecule has 0 aromatic heterocycles. The molecule has 0 saturated heterocycles. The van der Waals surface area contributed by atoms with Crippen molar-refractivity contribution in [1.29, 1.82) is 0 Å². The Morgan fingerprint density at radius 3 is 2.33 bits per heavy atom. The van der Waals surface area contributed by atoms with Gasteiger partial charge in [-0.15, -0.1) is 0 Å². The first-order chi connectivity index (χ1) is 10.0. The molecule has 21 heavy (non-hydrogen) atoms. The Balaban J connectivity index is 1.80. The zero-order valence-electron chi connectivity index (χ0n) is 12.1. The van der Waals surface area contributed by atoms with E-state index >= 15 is 0 Å². The predicted octanol–water partition coefficient (Wildman–Crippen LogP) is 2.01. The fourth-order valence-corrected chi connectivity index (χ4v) is 4.24. The van der Waals surface area contributed by atoms with Gasteiger partial charge in [0, 0.05) is 12.6 Å². The van der Waals surface area contributed by atoms with Crippen LogP contribution in [0.1, 0.15) is 31.2 Å². The summed E-state index contributed by atoms with van der Waals surface area (Å²) in [6.45, 7) is 0.511. The van der Waals surface area contributed by atoms with E-state index in [0.717, 1.165) is 31.2 Å². The number of halogens is 1. The lowest BCUT2D eigenvalue weighted by atomic mass is 10.1. The van der Waals surface area contributed by atoms with Gasteiger partial charge in [0.05, 0.1) is 0 Å². The molecule has 0 heterocycles. The minimum Gasteiger partial charge on any atom is -0.316 e. The highest BCUT2D eigenvalue weighted by atomic mass is 32.2. The van der Waals surface area contributed by atoms with Crippen molar-refractivity contribution in [3.8, 4) is 0 Å². The first kappa shape index (κ1) is 14.9. The average molecular weight is 312 g/mol. The lowest BCUT2D eigenvalue weighted by molar-refractivity contribution is 0.468. The van der Waals surface area contributed by atoms with E-state index in [0.29, 0.717) is 18.4 Å². The maximum atomic E-state index is 14.1. The van der Waals surface area contributed by atoms with E-state index in [1.165, 1.54) is 12.1 Å². The van der Waals surface area contributed by atoms with Crippen LogP contribution in [-0.4, -0.2) is 21.5 Å². The Labute approximate surface area is 125 Å². The van der Waals surface area contributed by atoms with Gasteiger partial charge in [-0.2, -0.15) is 0 Å². The van der Waals surface area contributed by atoms with E-state index in [4.69, 9.17) is 0 Å². The Bertz CT molecular complexity index is 613. The van der Waals surface area contributed by atoms with Crippen LogP contribution in [0, 0.1) is 17.7 Å². The molecule has 2 saturated carbocycles. The Hall–Kier alpha value is -0.980. The molecule has 2 N–H and O–H groups in total. The highest BCUT2D eigenvalue weighted by Crippen LogP contribution is 2.45. The zero-order chi connectivity index (χ0) is 15.0. The molecule has 0 amide bonds. The smallest absolute Gasteiger partial charge is 0.243 e. The highest BCUT2D eigenvalue weighted by molar-refractivity contribution is 7.89. The van der Waals surface area contributed by atoms with Crippen molar-refractivity contribution >= 4 is 10.0 Å². The molecule has 3 rings (SSSR count). The van der Waals surface area contributed by atoms with E-state index in [1.54, 1.807) is 13.1 Å². The summed E-state index contributed by atoms with van der Waals surface area (Å²) < 4.78 is 41.7. The second-order valence-corrected chi connectivity index (χ2v) is 7.80.